The normalized spacial score (nSPS) is 17.5. The Morgan fingerprint density at radius 3 is 2.24 bits per heavy atom. The maximum absolute atomic E-state index is 6.64. The van der Waals surface area contributed by atoms with Crippen molar-refractivity contribution in [3.63, 3.8) is 0 Å². The van der Waals surface area contributed by atoms with E-state index in [-0.39, 0.29) is 5.92 Å². The zero-order valence-corrected chi connectivity index (χ0v) is 16.0. The van der Waals surface area contributed by atoms with Crippen LogP contribution >= 0.6 is 0 Å². The lowest BCUT2D eigenvalue weighted by molar-refractivity contribution is 0.357. The van der Waals surface area contributed by atoms with Gasteiger partial charge in [0, 0.05) is 11.1 Å². The van der Waals surface area contributed by atoms with Gasteiger partial charge in [0.25, 0.3) is 0 Å². The summed E-state index contributed by atoms with van der Waals surface area (Å²) in [6.07, 6.45) is 3.12. The second-order valence-electron chi connectivity index (χ2n) is 7.68. The van der Waals surface area contributed by atoms with Crippen LogP contribution in [0.1, 0.15) is 34.6 Å². The molecular weight excluding hydrogens is 352 g/mol. The summed E-state index contributed by atoms with van der Waals surface area (Å²) in [5.74, 6) is 2.18. The summed E-state index contributed by atoms with van der Waals surface area (Å²) in [6.45, 7) is 0. The molecule has 0 saturated carbocycles. The summed E-state index contributed by atoms with van der Waals surface area (Å²) in [6, 6.07) is 34.4. The van der Waals surface area contributed by atoms with Crippen LogP contribution in [0.25, 0.3) is 22.1 Å². The van der Waals surface area contributed by atoms with Gasteiger partial charge in [-0.3, -0.25) is 0 Å². The molecule has 0 N–H and O–H groups in total. The lowest BCUT2D eigenvalue weighted by atomic mass is 9.90. The van der Waals surface area contributed by atoms with E-state index in [1.165, 1.54) is 33.0 Å². The molecule has 4 aromatic rings. The minimum absolute atomic E-state index is 0.137. The second-order valence-corrected chi connectivity index (χ2v) is 7.68. The number of rotatable bonds is 2. The quantitative estimate of drug-likeness (QED) is 0.363. The number of allylic oxidation sites excluding steroid dienone is 3. The van der Waals surface area contributed by atoms with E-state index >= 15 is 0 Å². The van der Waals surface area contributed by atoms with E-state index in [2.05, 4.69) is 97.1 Å². The Morgan fingerprint density at radius 1 is 0.690 bits per heavy atom. The van der Waals surface area contributed by atoms with Gasteiger partial charge in [-0.15, -0.1) is 0 Å². The van der Waals surface area contributed by atoms with Crippen molar-refractivity contribution in [2.24, 2.45) is 0 Å². The molecule has 0 saturated heterocycles. The summed E-state index contributed by atoms with van der Waals surface area (Å²) in [4.78, 5) is 0. The van der Waals surface area contributed by atoms with E-state index in [4.69, 9.17) is 4.74 Å². The van der Waals surface area contributed by atoms with Crippen molar-refractivity contribution in [1.29, 1.82) is 0 Å². The van der Waals surface area contributed by atoms with Crippen molar-refractivity contribution in [2.45, 2.75) is 12.3 Å². The molecule has 1 nitrogen and oxygen atoms in total. The van der Waals surface area contributed by atoms with Crippen molar-refractivity contribution >= 4 is 22.1 Å². The first-order chi connectivity index (χ1) is 14.4. The smallest absolute Gasteiger partial charge is 0.130 e. The first kappa shape index (κ1) is 16.4. The molecule has 1 aliphatic heterocycles. The van der Waals surface area contributed by atoms with Crippen molar-refractivity contribution < 1.29 is 4.74 Å². The Labute approximate surface area is 170 Å². The fourth-order valence-corrected chi connectivity index (χ4v) is 4.74. The van der Waals surface area contributed by atoms with Gasteiger partial charge in [0.05, 0.1) is 5.92 Å². The maximum atomic E-state index is 6.64. The van der Waals surface area contributed by atoms with Crippen molar-refractivity contribution in [2.75, 3.05) is 0 Å². The third-order valence-corrected chi connectivity index (χ3v) is 6.04. The van der Waals surface area contributed by atoms with Crippen LogP contribution in [0.5, 0.6) is 0 Å². The molecule has 0 spiro atoms. The molecule has 6 rings (SSSR count). The average molecular weight is 372 g/mol. The lowest BCUT2D eigenvalue weighted by Gasteiger charge is -2.22. The Bertz CT molecular complexity index is 1280. The van der Waals surface area contributed by atoms with E-state index in [1.807, 2.05) is 6.07 Å². The van der Waals surface area contributed by atoms with Crippen LogP contribution in [0.2, 0.25) is 0 Å². The molecule has 0 fully saturated rings. The standard InChI is InChI=1S/C28H20O/c1-3-10-20(11-4-1)25-18-17-24-27-22-14-8-7-9-19(22)15-16-23(27)26(28(24)29-25)21-12-5-2-6-13-21/h1-16,18,26H,17H2. The number of benzene rings is 4. The van der Waals surface area contributed by atoms with Crippen LogP contribution in [0.15, 0.2) is 109 Å². The van der Waals surface area contributed by atoms with Gasteiger partial charge >= 0.3 is 0 Å². The van der Waals surface area contributed by atoms with Crippen LogP contribution in [0, 0.1) is 0 Å². The molecule has 1 aliphatic carbocycles. The summed E-state index contributed by atoms with van der Waals surface area (Å²) in [5.41, 5.74) is 6.44. The summed E-state index contributed by atoms with van der Waals surface area (Å²) >= 11 is 0. The minimum atomic E-state index is 0.137. The Balaban J connectivity index is 1.55. The van der Waals surface area contributed by atoms with Gasteiger partial charge in [0.1, 0.15) is 11.5 Å². The monoisotopic (exact) mass is 372 g/mol. The molecule has 138 valence electrons. The zero-order chi connectivity index (χ0) is 19.2. The van der Waals surface area contributed by atoms with E-state index < -0.39 is 0 Å². The topological polar surface area (TPSA) is 9.23 Å². The van der Waals surface area contributed by atoms with Gasteiger partial charge in [-0.05, 0) is 40.0 Å². The highest BCUT2D eigenvalue weighted by molar-refractivity contribution is 5.99. The van der Waals surface area contributed by atoms with E-state index in [0.29, 0.717) is 0 Å². The van der Waals surface area contributed by atoms with E-state index in [0.717, 1.165) is 23.5 Å². The summed E-state index contributed by atoms with van der Waals surface area (Å²) < 4.78 is 6.64. The van der Waals surface area contributed by atoms with E-state index in [1.54, 1.807) is 0 Å². The Morgan fingerprint density at radius 2 is 1.41 bits per heavy atom. The van der Waals surface area contributed by atoms with Crippen LogP contribution in [0.4, 0.5) is 0 Å². The zero-order valence-electron chi connectivity index (χ0n) is 16.0. The number of hydrogen-bond donors (Lipinski definition) is 0. The Kier molecular flexibility index (Phi) is 3.67. The van der Waals surface area contributed by atoms with E-state index in [9.17, 15) is 0 Å². The SMILES string of the molecule is C1=C(c2ccccc2)OC2=C(C1)c1c(ccc3ccccc13)C2c1ccccc1. The van der Waals surface area contributed by atoms with Crippen molar-refractivity contribution in [1.82, 2.24) is 0 Å². The molecule has 0 bridgehead atoms. The van der Waals surface area contributed by atoms with Gasteiger partial charge in [-0.2, -0.15) is 0 Å². The van der Waals surface area contributed by atoms with Crippen LogP contribution in [-0.2, 0) is 4.74 Å². The molecule has 0 amide bonds. The third-order valence-electron chi connectivity index (χ3n) is 6.04. The number of hydrogen-bond acceptors (Lipinski definition) is 1. The molecule has 29 heavy (non-hydrogen) atoms. The lowest BCUT2D eigenvalue weighted by Crippen LogP contribution is -2.06. The molecule has 1 atom stereocenters. The molecule has 1 heterocycles. The highest BCUT2D eigenvalue weighted by Crippen LogP contribution is 2.52. The molecule has 2 aliphatic rings. The second kappa shape index (κ2) is 6.49. The molecule has 1 unspecified atom stereocenters. The maximum Gasteiger partial charge on any atom is 0.130 e. The highest BCUT2D eigenvalue weighted by atomic mass is 16.5. The fourth-order valence-electron chi connectivity index (χ4n) is 4.74. The highest BCUT2D eigenvalue weighted by Gasteiger charge is 2.37. The van der Waals surface area contributed by atoms with Crippen molar-refractivity contribution in [3.05, 3.63) is 131 Å². The summed E-state index contributed by atoms with van der Waals surface area (Å²) in [5, 5.41) is 2.60. The van der Waals surface area contributed by atoms with Gasteiger partial charge < -0.3 is 4.74 Å². The average Bonchev–Trinajstić information content (AvgIpc) is 3.14. The first-order valence-electron chi connectivity index (χ1n) is 10.1. The third kappa shape index (κ3) is 2.55. The van der Waals surface area contributed by atoms with Crippen LogP contribution in [0.3, 0.4) is 0 Å². The minimum Gasteiger partial charge on any atom is -0.460 e. The number of fused-ring (bicyclic) bond motifs is 4. The predicted molar refractivity (Wildman–Crippen MR) is 119 cm³/mol. The van der Waals surface area contributed by atoms with Gasteiger partial charge in [0.2, 0.25) is 0 Å². The fraction of sp³-hybridized carbons (Fsp3) is 0.0714. The molecule has 1 heteroatoms. The molecule has 0 radical (unpaired) electrons. The largest absolute Gasteiger partial charge is 0.460 e. The predicted octanol–water partition coefficient (Wildman–Crippen LogP) is 7.16. The Hall–Kier alpha value is -3.58. The van der Waals surface area contributed by atoms with Crippen LogP contribution < -0.4 is 0 Å². The summed E-state index contributed by atoms with van der Waals surface area (Å²) in [7, 11) is 0. The van der Waals surface area contributed by atoms with Crippen LogP contribution in [-0.4, -0.2) is 0 Å². The number of ether oxygens (including phenoxy) is 1. The van der Waals surface area contributed by atoms with Gasteiger partial charge in [0.15, 0.2) is 0 Å². The first-order valence-corrected chi connectivity index (χ1v) is 10.1. The molecule has 4 aromatic carbocycles. The van der Waals surface area contributed by atoms with Crippen molar-refractivity contribution in [3.8, 4) is 0 Å². The van der Waals surface area contributed by atoms with Gasteiger partial charge in [-0.1, -0.05) is 97.1 Å². The molecule has 0 aromatic heterocycles. The van der Waals surface area contributed by atoms with Gasteiger partial charge in [-0.25, -0.2) is 0 Å². The molecular formula is C28H20O.